The van der Waals surface area contributed by atoms with Crippen molar-refractivity contribution in [3.8, 4) is 22.5 Å². The maximum absolute atomic E-state index is 13.8. The molecule has 188 valence electrons. The van der Waals surface area contributed by atoms with Crippen LogP contribution in [-0.4, -0.2) is 38.5 Å². The maximum atomic E-state index is 13.8. The number of aldehydes is 1. The first-order chi connectivity index (χ1) is 17.7. The van der Waals surface area contributed by atoms with Gasteiger partial charge in [-0.2, -0.15) is 13.2 Å². The number of carbonyl (C=O) groups is 2. The molecule has 0 radical (unpaired) electrons. The number of nitrogens with zero attached hydrogens (tertiary/aromatic N) is 5. The third-order valence-corrected chi connectivity index (χ3v) is 6.14. The van der Waals surface area contributed by atoms with Gasteiger partial charge >= 0.3 is 6.18 Å². The van der Waals surface area contributed by atoms with Gasteiger partial charge in [0.05, 0.1) is 12.1 Å². The van der Waals surface area contributed by atoms with E-state index in [2.05, 4.69) is 20.5 Å². The molecule has 0 saturated heterocycles. The molecule has 11 heteroatoms. The van der Waals surface area contributed by atoms with Crippen LogP contribution in [0.1, 0.15) is 38.8 Å². The summed E-state index contributed by atoms with van der Waals surface area (Å²) < 4.78 is 43.2. The molecule has 1 amide bonds. The highest BCUT2D eigenvalue weighted by Crippen LogP contribution is 2.40. The van der Waals surface area contributed by atoms with Gasteiger partial charge in [-0.05, 0) is 47.9 Å². The molecule has 0 bridgehead atoms. The van der Waals surface area contributed by atoms with E-state index in [-0.39, 0.29) is 29.1 Å². The first kappa shape index (κ1) is 24.2. The van der Waals surface area contributed by atoms with E-state index in [0.29, 0.717) is 30.0 Å². The summed E-state index contributed by atoms with van der Waals surface area (Å²) in [6.45, 7) is 2.10. The van der Waals surface area contributed by atoms with Crippen LogP contribution in [0, 0.1) is 0 Å². The standard InChI is InChI=1S/C26H21F3N6O2/c1-3-30-22-10-16(17-6-4-5-7-18(17)24-33-31-14-34(24)2)11-23(32-22)35-12-20-19(25(35)37)8-15(13-36)9-21(20)26(27,28)29/h4-11,13-14H,3,12H2,1-2H3,(H,30,32). The second-order valence-electron chi connectivity index (χ2n) is 8.54. The van der Waals surface area contributed by atoms with Gasteiger partial charge in [-0.15, -0.1) is 10.2 Å². The van der Waals surface area contributed by atoms with Crippen LogP contribution in [0.4, 0.5) is 24.8 Å². The zero-order valence-electron chi connectivity index (χ0n) is 19.9. The summed E-state index contributed by atoms with van der Waals surface area (Å²) >= 11 is 0. The second-order valence-corrected chi connectivity index (χ2v) is 8.54. The van der Waals surface area contributed by atoms with Crippen LogP contribution < -0.4 is 10.2 Å². The average Bonchev–Trinajstić information content (AvgIpc) is 3.45. The fourth-order valence-corrected chi connectivity index (χ4v) is 4.48. The molecular weight excluding hydrogens is 485 g/mol. The van der Waals surface area contributed by atoms with Crippen LogP contribution in [0.2, 0.25) is 0 Å². The Kier molecular flexibility index (Phi) is 5.98. The van der Waals surface area contributed by atoms with Crippen molar-refractivity contribution in [3.63, 3.8) is 0 Å². The summed E-state index contributed by atoms with van der Waals surface area (Å²) in [5.41, 5.74) is 0.701. The number of benzene rings is 2. The van der Waals surface area contributed by atoms with Gasteiger partial charge < -0.3 is 9.88 Å². The highest BCUT2D eigenvalue weighted by atomic mass is 19.4. The van der Waals surface area contributed by atoms with Crippen molar-refractivity contribution in [3.05, 3.63) is 77.1 Å². The lowest BCUT2D eigenvalue weighted by Crippen LogP contribution is -2.24. The SMILES string of the molecule is CCNc1cc(-c2ccccc2-c2nncn2C)cc(N2Cc3c(cc(C=O)cc3C(F)(F)F)C2=O)n1. The molecule has 0 spiro atoms. The van der Waals surface area contributed by atoms with Crippen LogP contribution in [-0.2, 0) is 19.8 Å². The minimum atomic E-state index is -4.72. The third kappa shape index (κ3) is 4.32. The minimum Gasteiger partial charge on any atom is -0.370 e. The van der Waals surface area contributed by atoms with Crippen molar-refractivity contribution >= 4 is 23.8 Å². The number of rotatable bonds is 6. The maximum Gasteiger partial charge on any atom is 0.416 e. The van der Waals surface area contributed by atoms with E-state index >= 15 is 0 Å². The van der Waals surface area contributed by atoms with Crippen molar-refractivity contribution in [2.24, 2.45) is 7.05 Å². The van der Waals surface area contributed by atoms with E-state index in [1.165, 1.54) is 11.0 Å². The Bertz CT molecular complexity index is 1530. The van der Waals surface area contributed by atoms with Crippen molar-refractivity contribution in [2.45, 2.75) is 19.6 Å². The first-order valence-electron chi connectivity index (χ1n) is 11.4. The predicted octanol–water partition coefficient (Wildman–Crippen LogP) is 4.97. The monoisotopic (exact) mass is 506 g/mol. The molecule has 0 aliphatic carbocycles. The zero-order chi connectivity index (χ0) is 26.3. The van der Waals surface area contributed by atoms with E-state index in [1.807, 2.05) is 44.3 Å². The molecule has 8 nitrogen and oxygen atoms in total. The number of hydrogen-bond acceptors (Lipinski definition) is 6. The number of aromatic nitrogens is 4. The van der Waals surface area contributed by atoms with Gasteiger partial charge in [-0.25, -0.2) is 4.98 Å². The van der Waals surface area contributed by atoms with Crippen molar-refractivity contribution in [1.82, 2.24) is 19.7 Å². The molecular formula is C26H21F3N6O2. The van der Waals surface area contributed by atoms with E-state index in [4.69, 9.17) is 0 Å². The van der Waals surface area contributed by atoms with Crippen LogP contribution in [0.15, 0.2) is 54.9 Å². The van der Waals surface area contributed by atoms with Gasteiger partial charge in [-0.3, -0.25) is 14.5 Å². The van der Waals surface area contributed by atoms with Gasteiger partial charge in [-0.1, -0.05) is 24.3 Å². The molecule has 2 aromatic heterocycles. The number of nitrogens with one attached hydrogen (secondary N) is 1. The Balaban J connectivity index is 1.64. The smallest absolute Gasteiger partial charge is 0.370 e. The van der Waals surface area contributed by atoms with Crippen molar-refractivity contribution in [2.75, 3.05) is 16.8 Å². The summed E-state index contributed by atoms with van der Waals surface area (Å²) in [7, 11) is 1.82. The third-order valence-electron chi connectivity index (χ3n) is 6.14. The van der Waals surface area contributed by atoms with Crippen LogP contribution in [0.25, 0.3) is 22.5 Å². The van der Waals surface area contributed by atoms with E-state index in [1.54, 1.807) is 17.0 Å². The molecule has 5 rings (SSSR count). The summed E-state index contributed by atoms with van der Waals surface area (Å²) in [5.74, 6) is 0.608. The molecule has 1 N–H and O–H groups in total. The first-order valence-corrected chi connectivity index (χ1v) is 11.4. The number of fused-ring (bicyclic) bond motifs is 1. The molecule has 4 aromatic rings. The molecule has 0 atom stereocenters. The molecule has 0 fully saturated rings. The molecule has 3 heterocycles. The van der Waals surface area contributed by atoms with Crippen LogP contribution >= 0.6 is 0 Å². The molecule has 37 heavy (non-hydrogen) atoms. The Labute approximate surface area is 209 Å². The quantitative estimate of drug-likeness (QED) is 0.372. The molecule has 2 aromatic carbocycles. The lowest BCUT2D eigenvalue weighted by molar-refractivity contribution is -0.138. The number of carbonyl (C=O) groups excluding carboxylic acids is 2. The highest BCUT2D eigenvalue weighted by Gasteiger charge is 2.41. The number of hydrogen-bond donors (Lipinski definition) is 1. The number of anilines is 2. The molecule has 0 unspecified atom stereocenters. The normalized spacial score (nSPS) is 13.1. The van der Waals surface area contributed by atoms with Crippen molar-refractivity contribution in [1.29, 1.82) is 0 Å². The van der Waals surface area contributed by atoms with Crippen LogP contribution in [0.3, 0.4) is 0 Å². The molecule has 1 aliphatic rings. The summed E-state index contributed by atoms with van der Waals surface area (Å²) in [6.07, 6.45) is -2.84. The van der Waals surface area contributed by atoms with E-state index in [0.717, 1.165) is 17.2 Å². The van der Waals surface area contributed by atoms with Gasteiger partial charge in [0.1, 0.15) is 24.2 Å². The summed E-state index contributed by atoms with van der Waals surface area (Å²) in [6, 6.07) is 12.9. The van der Waals surface area contributed by atoms with Gasteiger partial charge in [0.2, 0.25) is 0 Å². The fourth-order valence-electron chi connectivity index (χ4n) is 4.48. The second kappa shape index (κ2) is 9.16. The number of amides is 1. The van der Waals surface area contributed by atoms with E-state index < -0.39 is 17.6 Å². The Morgan fingerprint density at radius 3 is 2.49 bits per heavy atom. The lowest BCUT2D eigenvalue weighted by atomic mass is 9.99. The number of pyridine rings is 1. The molecule has 1 aliphatic heterocycles. The molecule has 0 saturated carbocycles. The minimum absolute atomic E-state index is 0.159. The topological polar surface area (TPSA) is 93.0 Å². The number of halogens is 3. The summed E-state index contributed by atoms with van der Waals surface area (Å²) in [5, 5.41) is 11.3. The Morgan fingerprint density at radius 2 is 1.84 bits per heavy atom. The summed E-state index contributed by atoms with van der Waals surface area (Å²) in [4.78, 5) is 30.3. The Hall–Kier alpha value is -4.54. The predicted molar refractivity (Wildman–Crippen MR) is 131 cm³/mol. The Morgan fingerprint density at radius 1 is 1.08 bits per heavy atom. The highest BCUT2D eigenvalue weighted by molar-refractivity contribution is 6.11. The zero-order valence-corrected chi connectivity index (χ0v) is 19.9. The number of aryl methyl sites for hydroxylation is 1. The fraction of sp³-hybridized carbons (Fsp3) is 0.192. The largest absolute Gasteiger partial charge is 0.416 e. The van der Waals surface area contributed by atoms with Crippen LogP contribution in [0.5, 0.6) is 0 Å². The van der Waals surface area contributed by atoms with Gasteiger partial charge in [0.25, 0.3) is 5.91 Å². The average molecular weight is 506 g/mol. The lowest BCUT2D eigenvalue weighted by Gasteiger charge is -2.19. The van der Waals surface area contributed by atoms with E-state index in [9.17, 15) is 22.8 Å². The number of alkyl halides is 3. The van der Waals surface area contributed by atoms with Gasteiger partial charge in [0.15, 0.2) is 5.82 Å². The van der Waals surface area contributed by atoms with Gasteiger partial charge in [0, 0.05) is 30.3 Å². The van der Waals surface area contributed by atoms with Crippen molar-refractivity contribution < 1.29 is 22.8 Å².